The van der Waals surface area contributed by atoms with Crippen LogP contribution in [-0.4, -0.2) is 4.92 Å². The maximum Gasteiger partial charge on any atom is 0.270 e. The summed E-state index contributed by atoms with van der Waals surface area (Å²) in [5, 5.41) is 11.4. The zero-order valence-corrected chi connectivity index (χ0v) is 11.9. The molecule has 0 bridgehead atoms. The number of non-ortho nitro benzene ring substituents is 1. The summed E-state index contributed by atoms with van der Waals surface area (Å²) in [6.07, 6.45) is 0. The molecule has 1 heterocycles. The summed E-state index contributed by atoms with van der Waals surface area (Å²) in [6, 6.07) is 7.57. The molecule has 100 valence electrons. The molecule has 20 heavy (non-hydrogen) atoms. The smallest absolute Gasteiger partial charge is 0.270 e. The third-order valence-electron chi connectivity index (χ3n) is 3.06. The maximum absolute atomic E-state index is 12.5. The van der Waals surface area contributed by atoms with Crippen molar-refractivity contribution in [1.29, 1.82) is 0 Å². The molecule has 2 aromatic carbocycles. The Labute approximate surface area is 121 Å². The molecule has 0 saturated carbocycles. The van der Waals surface area contributed by atoms with Crippen molar-refractivity contribution in [2.24, 2.45) is 0 Å². The fourth-order valence-corrected chi connectivity index (χ4v) is 2.81. The molecule has 0 fully saturated rings. The van der Waals surface area contributed by atoms with Gasteiger partial charge in [-0.15, -0.1) is 0 Å². The highest BCUT2D eigenvalue weighted by Gasteiger charge is 2.14. The molecule has 0 amide bonds. The van der Waals surface area contributed by atoms with Gasteiger partial charge in [0.1, 0.15) is 5.58 Å². The van der Waals surface area contributed by atoms with E-state index in [1.54, 1.807) is 6.07 Å². The Hall–Kier alpha value is -2.21. The standard InChI is InChI=1S/C14H8BrNO4/c1-7-4-10-13(17)9-6-8(16(18)19)2-3-12(9)20-14(10)11(15)5-7/h2-6H,1H3. The lowest BCUT2D eigenvalue weighted by atomic mass is 10.1. The molecule has 3 aromatic rings. The van der Waals surface area contributed by atoms with Crippen LogP contribution in [0.5, 0.6) is 0 Å². The number of rotatable bonds is 1. The first-order valence-electron chi connectivity index (χ1n) is 5.78. The summed E-state index contributed by atoms with van der Waals surface area (Å²) >= 11 is 3.36. The Balaban J connectivity index is 2.51. The largest absolute Gasteiger partial charge is 0.455 e. The number of nitro benzene ring substituents is 1. The van der Waals surface area contributed by atoms with Crippen LogP contribution in [-0.2, 0) is 0 Å². The molecule has 0 atom stereocenters. The monoisotopic (exact) mass is 333 g/mol. The van der Waals surface area contributed by atoms with Crippen molar-refractivity contribution in [2.75, 3.05) is 0 Å². The predicted octanol–water partition coefficient (Wildman–Crippen LogP) is 3.93. The molecular formula is C14H8BrNO4. The number of hydrogen-bond acceptors (Lipinski definition) is 4. The third-order valence-corrected chi connectivity index (χ3v) is 3.65. The molecule has 5 nitrogen and oxygen atoms in total. The molecule has 6 heteroatoms. The number of nitro groups is 1. The summed E-state index contributed by atoms with van der Waals surface area (Å²) in [5.74, 6) is 0. The Bertz CT molecular complexity index is 930. The first kappa shape index (κ1) is 12.8. The van der Waals surface area contributed by atoms with E-state index < -0.39 is 4.92 Å². The van der Waals surface area contributed by atoms with Gasteiger partial charge in [-0.3, -0.25) is 14.9 Å². The van der Waals surface area contributed by atoms with Crippen molar-refractivity contribution in [3.63, 3.8) is 0 Å². The van der Waals surface area contributed by atoms with Crippen LogP contribution in [0.3, 0.4) is 0 Å². The summed E-state index contributed by atoms with van der Waals surface area (Å²) in [7, 11) is 0. The third kappa shape index (κ3) is 1.89. The van der Waals surface area contributed by atoms with E-state index in [0.717, 1.165) is 5.56 Å². The molecule has 0 spiro atoms. The van der Waals surface area contributed by atoms with Crippen LogP contribution < -0.4 is 5.43 Å². The highest BCUT2D eigenvalue weighted by atomic mass is 79.9. The van der Waals surface area contributed by atoms with Gasteiger partial charge >= 0.3 is 0 Å². The van der Waals surface area contributed by atoms with E-state index in [2.05, 4.69) is 15.9 Å². The van der Waals surface area contributed by atoms with Crippen molar-refractivity contribution in [3.8, 4) is 0 Å². The van der Waals surface area contributed by atoms with Gasteiger partial charge in [-0.05, 0) is 46.6 Å². The maximum atomic E-state index is 12.5. The van der Waals surface area contributed by atoms with Crippen LogP contribution in [0.2, 0.25) is 0 Å². The average Bonchev–Trinajstić information content (AvgIpc) is 2.40. The second-order valence-corrected chi connectivity index (χ2v) is 5.35. The Morgan fingerprint density at radius 3 is 2.65 bits per heavy atom. The van der Waals surface area contributed by atoms with Crippen LogP contribution in [0.15, 0.2) is 44.0 Å². The minimum absolute atomic E-state index is 0.129. The second-order valence-electron chi connectivity index (χ2n) is 4.49. The molecule has 0 aliphatic heterocycles. The molecule has 0 radical (unpaired) electrons. The summed E-state index contributed by atoms with van der Waals surface area (Å²) < 4.78 is 6.36. The van der Waals surface area contributed by atoms with Crippen LogP contribution in [0, 0.1) is 17.0 Å². The van der Waals surface area contributed by atoms with Crippen LogP contribution in [0.25, 0.3) is 21.9 Å². The van der Waals surface area contributed by atoms with E-state index in [1.807, 2.05) is 13.0 Å². The topological polar surface area (TPSA) is 73.3 Å². The minimum atomic E-state index is -0.533. The highest BCUT2D eigenvalue weighted by molar-refractivity contribution is 9.10. The molecule has 0 unspecified atom stereocenters. The van der Waals surface area contributed by atoms with Crippen molar-refractivity contribution in [1.82, 2.24) is 0 Å². The van der Waals surface area contributed by atoms with E-state index in [0.29, 0.717) is 21.0 Å². The summed E-state index contributed by atoms with van der Waals surface area (Å²) in [4.78, 5) is 22.7. The van der Waals surface area contributed by atoms with Crippen LogP contribution in [0.1, 0.15) is 5.56 Å². The van der Waals surface area contributed by atoms with E-state index in [1.165, 1.54) is 18.2 Å². The molecule has 0 saturated heterocycles. The van der Waals surface area contributed by atoms with Crippen LogP contribution in [0.4, 0.5) is 5.69 Å². The van der Waals surface area contributed by atoms with Gasteiger partial charge in [0, 0.05) is 12.1 Å². The lowest BCUT2D eigenvalue weighted by Crippen LogP contribution is -2.03. The van der Waals surface area contributed by atoms with Gasteiger partial charge in [0.2, 0.25) is 5.43 Å². The van der Waals surface area contributed by atoms with E-state index in [9.17, 15) is 14.9 Å². The van der Waals surface area contributed by atoms with Crippen molar-refractivity contribution in [2.45, 2.75) is 6.92 Å². The van der Waals surface area contributed by atoms with E-state index in [4.69, 9.17) is 4.42 Å². The predicted molar refractivity (Wildman–Crippen MR) is 79.1 cm³/mol. The lowest BCUT2D eigenvalue weighted by molar-refractivity contribution is -0.384. The Kier molecular flexibility index (Phi) is 2.83. The number of aryl methyl sites for hydroxylation is 1. The van der Waals surface area contributed by atoms with Gasteiger partial charge in [-0.2, -0.15) is 0 Å². The van der Waals surface area contributed by atoms with Crippen molar-refractivity contribution < 1.29 is 9.34 Å². The zero-order chi connectivity index (χ0) is 14.4. The summed E-state index contributed by atoms with van der Waals surface area (Å²) in [5.41, 5.74) is 1.28. The Morgan fingerprint density at radius 1 is 1.20 bits per heavy atom. The van der Waals surface area contributed by atoms with Gasteiger partial charge in [-0.25, -0.2) is 0 Å². The lowest BCUT2D eigenvalue weighted by Gasteiger charge is -2.04. The number of fused-ring (bicyclic) bond motifs is 2. The number of hydrogen-bond donors (Lipinski definition) is 0. The number of nitrogens with zero attached hydrogens (tertiary/aromatic N) is 1. The van der Waals surface area contributed by atoms with Crippen molar-refractivity contribution >= 4 is 43.6 Å². The van der Waals surface area contributed by atoms with Gasteiger partial charge < -0.3 is 4.42 Å². The number of benzene rings is 2. The highest BCUT2D eigenvalue weighted by Crippen LogP contribution is 2.28. The van der Waals surface area contributed by atoms with E-state index in [-0.39, 0.29) is 16.5 Å². The van der Waals surface area contributed by atoms with Gasteiger partial charge in [-0.1, -0.05) is 0 Å². The zero-order valence-electron chi connectivity index (χ0n) is 10.3. The molecule has 0 N–H and O–H groups in total. The molecule has 0 aliphatic rings. The quantitative estimate of drug-likeness (QED) is 0.384. The van der Waals surface area contributed by atoms with Crippen LogP contribution >= 0.6 is 15.9 Å². The molecular weight excluding hydrogens is 326 g/mol. The first-order chi connectivity index (χ1) is 9.47. The fourth-order valence-electron chi connectivity index (χ4n) is 2.15. The molecule has 3 rings (SSSR count). The molecule has 0 aliphatic carbocycles. The van der Waals surface area contributed by atoms with Crippen molar-refractivity contribution in [3.05, 3.63) is 60.7 Å². The minimum Gasteiger partial charge on any atom is -0.455 e. The average molecular weight is 334 g/mol. The van der Waals surface area contributed by atoms with Gasteiger partial charge in [0.15, 0.2) is 5.58 Å². The van der Waals surface area contributed by atoms with Gasteiger partial charge in [0.05, 0.1) is 20.2 Å². The normalized spacial score (nSPS) is 11.1. The fraction of sp³-hybridized carbons (Fsp3) is 0.0714. The summed E-state index contributed by atoms with van der Waals surface area (Å²) in [6.45, 7) is 1.86. The first-order valence-corrected chi connectivity index (χ1v) is 6.58. The molecule has 1 aromatic heterocycles. The SMILES string of the molecule is Cc1cc(Br)c2oc3ccc([N+](=O)[O-])cc3c(=O)c2c1. The van der Waals surface area contributed by atoms with Gasteiger partial charge in [0.25, 0.3) is 5.69 Å². The number of halogens is 1. The Morgan fingerprint density at radius 2 is 1.95 bits per heavy atom. The second kappa shape index (κ2) is 4.42. The van der Waals surface area contributed by atoms with E-state index >= 15 is 0 Å².